The van der Waals surface area contributed by atoms with Crippen LogP contribution in [0.3, 0.4) is 0 Å². The first kappa shape index (κ1) is 20.1. The molecule has 0 unspecified atom stereocenters. The minimum absolute atomic E-state index is 0.181. The minimum atomic E-state index is -0.648. The SMILES string of the molecule is C[C@H](Cl)C(=O)Nc1ccc(N2CCCCC2)c(C(=O)NCc2cccnc2)c1. The van der Waals surface area contributed by atoms with Crippen LogP contribution in [0.2, 0.25) is 0 Å². The smallest absolute Gasteiger partial charge is 0.253 e. The summed E-state index contributed by atoms with van der Waals surface area (Å²) >= 11 is 5.85. The molecule has 1 aliphatic heterocycles. The van der Waals surface area contributed by atoms with Crippen LogP contribution in [0.25, 0.3) is 0 Å². The maximum absolute atomic E-state index is 13.0. The molecule has 1 atom stereocenters. The van der Waals surface area contributed by atoms with E-state index < -0.39 is 5.38 Å². The molecule has 2 amide bonds. The second-order valence-electron chi connectivity index (χ2n) is 6.93. The van der Waals surface area contributed by atoms with Gasteiger partial charge in [0.25, 0.3) is 5.91 Å². The van der Waals surface area contributed by atoms with Crippen molar-refractivity contribution in [2.24, 2.45) is 0 Å². The number of aromatic nitrogens is 1. The van der Waals surface area contributed by atoms with E-state index >= 15 is 0 Å². The molecule has 1 aromatic heterocycles. The zero-order valence-corrected chi connectivity index (χ0v) is 16.7. The molecule has 148 valence electrons. The highest BCUT2D eigenvalue weighted by molar-refractivity contribution is 6.32. The number of hydrogen-bond donors (Lipinski definition) is 2. The van der Waals surface area contributed by atoms with E-state index in [0.717, 1.165) is 37.2 Å². The Kier molecular flexibility index (Phi) is 6.87. The second kappa shape index (κ2) is 9.55. The number of rotatable bonds is 6. The van der Waals surface area contributed by atoms with Crippen molar-refractivity contribution in [3.8, 4) is 0 Å². The standard InChI is InChI=1S/C21H25ClN4O2/c1-15(22)20(27)25-17-7-8-19(26-10-3-2-4-11-26)18(12-17)21(28)24-14-16-6-5-9-23-13-16/h5-9,12-13,15H,2-4,10-11,14H2,1H3,(H,24,28)(H,25,27)/t15-/m0/s1. The maximum atomic E-state index is 13.0. The van der Waals surface area contributed by atoms with E-state index in [1.54, 1.807) is 25.4 Å². The molecule has 0 spiro atoms. The number of carbonyl (C=O) groups is 2. The zero-order valence-electron chi connectivity index (χ0n) is 16.0. The number of halogens is 1. The van der Waals surface area contributed by atoms with Gasteiger partial charge in [-0.1, -0.05) is 6.07 Å². The number of alkyl halides is 1. The molecule has 0 bridgehead atoms. The predicted octanol–water partition coefficient (Wildman–Crippen LogP) is 3.57. The van der Waals surface area contributed by atoms with Crippen molar-refractivity contribution < 1.29 is 9.59 Å². The molecule has 2 heterocycles. The normalized spacial score (nSPS) is 15.0. The number of benzene rings is 1. The third-order valence-electron chi connectivity index (χ3n) is 4.74. The van der Waals surface area contributed by atoms with E-state index in [1.807, 2.05) is 24.3 Å². The van der Waals surface area contributed by atoms with Crippen molar-refractivity contribution >= 4 is 34.8 Å². The van der Waals surface area contributed by atoms with E-state index in [0.29, 0.717) is 17.8 Å². The van der Waals surface area contributed by atoms with Gasteiger partial charge in [-0.2, -0.15) is 0 Å². The van der Waals surface area contributed by atoms with Gasteiger partial charge in [-0.25, -0.2) is 0 Å². The van der Waals surface area contributed by atoms with Crippen LogP contribution in [0.4, 0.5) is 11.4 Å². The lowest BCUT2D eigenvalue weighted by Crippen LogP contribution is -2.33. The molecule has 3 rings (SSSR count). The van der Waals surface area contributed by atoms with Crippen LogP contribution in [0, 0.1) is 0 Å². The first-order valence-electron chi connectivity index (χ1n) is 9.55. The average molecular weight is 401 g/mol. The number of pyridine rings is 1. The molecular weight excluding hydrogens is 376 g/mol. The summed E-state index contributed by atoms with van der Waals surface area (Å²) in [5.41, 5.74) is 2.92. The summed E-state index contributed by atoms with van der Waals surface area (Å²) in [6.45, 7) is 3.85. The highest BCUT2D eigenvalue weighted by atomic mass is 35.5. The summed E-state index contributed by atoms with van der Waals surface area (Å²) in [6.07, 6.45) is 6.85. The van der Waals surface area contributed by atoms with Gasteiger partial charge in [-0.05, 0) is 56.0 Å². The summed E-state index contributed by atoms with van der Waals surface area (Å²) in [7, 11) is 0. The van der Waals surface area contributed by atoms with E-state index in [1.165, 1.54) is 6.42 Å². The topological polar surface area (TPSA) is 74.3 Å². The molecule has 1 fully saturated rings. The molecule has 2 N–H and O–H groups in total. The largest absolute Gasteiger partial charge is 0.371 e. The molecule has 0 aliphatic carbocycles. The highest BCUT2D eigenvalue weighted by Gasteiger charge is 2.20. The Bertz CT molecular complexity index is 820. The first-order valence-corrected chi connectivity index (χ1v) is 9.99. The van der Waals surface area contributed by atoms with Crippen molar-refractivity contribution in [1.29, 1.82) is 0 Å². The number of nitrogens with one attached hydrogen (secondary N) is 2. The summed E-state index contributed by atoms with van der Waals surface area (Å²) in [6, 6.07) is 9.19. The zero-order chi connectivity index (χ0) is 19.9. The number of hydrogen-bond acceptors (Lipinski definition) is 4. The van der Waals surface area contributed by atoms with Gasteiger partial charge >= 0.3 is 0 Å². The third kappa shape index (κ3) is 5.23. The van der Waals surface area contributed by atoms with Gasteiger partial charge in [-0.15, -0.1) is 11.6 Å². The van der Waals surface area contributed by atoms with E-state index in [9.17, 15) is 9.59 Å². The molecule has 0 saturated carbocycles. The Morgan fingerprint density at radius 1 is 1.21 bits per heavy atom. The molecule has 28 heavy (non-hydrogen) atoms. The van der Waals surface area contributed by atoms with Gasteiger partial charge in [0, 0.05) is 43.4 Å². The van der Waals surface area contributed by atoms with Crippen LogP contribution in [-0.4, -0.2) is 35.3 Å². The van der Waals surface area contributed by atoms with Crippen LogP contribution in [0.1, 0.15) is 42.1 Å². The molecule has 2 aromatic rings. The van der Waals surface area contributed by atoms with E-state index in [2.05, 4.69) is 20.5 Å². The molecule has 1 aromatic carbocycles. The Labute approximate surface area is 170 Å². The second-order valence-corrected chi connectivity index (χ2v) is 7.58. The van der Waals surface area contributed by atoms with Gasteiger partial charge in [0.1, 0.15) is 5.38 Å². The number of carbonyl (C=O) groups excluding carboxylic acids is 2. The molecule has 0 radical (unpaired) electrons. The number of piperidine rings is 1. The number of anilines is 2. The molecule has 1 aliphatic rings. The van der Waals surface area contributed by atoms with E-state index in [4.69, 9.17) is 11.6 Å². The monoisotopic (exact) mass is 400 g/mol. The summed E-state index contributed by atoms with van der Waals surface area (Å²) < 4.78 is 0. The van der Waals surface area contributed by atoms with Gasteiger partial charge in [0.2, 0.25) is 5.91 Å². The lowest BCUT2D eigenvalue weighted by Gasteiger charge is -2.30. The fourth-order valence-corrected chi connectivity index (χ4v) is 3.28. The van der Waals surface area contributed by atoms with Crippen molar-refractivity contribution in [3.63, 3.8) is 0 Å². The van der Waals surface area contributed by atoms with Gasteiger partial charge in [-0.3, -0.25) is 14.6 Å². The number of nitrogens with zero attached hydrogens (tertiary/aromatic N) is 2. The first-order chi connectivity index (χ1) is 13.5. The fraction of sp³-hybridized carbons (Fsp3) is 0.381. The van der Waals surface area contributed by atoms with Crippen LogP contribution < -0.4 is 15.5 Å². The number of amides is 2. The van der Waals surface area contributed by atoms with Gasteiger partial charge < -0.3 is 15.5 Å². The van der Waals surface area contributed by atoms with Crippen molar-refractivity contribution in [3.05, 3.63) is 53.9 Å². The van der Waals surface area contributed by atoms with Crippen molar-refractivity contribution in [2.75, 3.05) is 23.3 Å². The third-order valence-corrected chi connectivity index (χ3v) is 4.94. The highest BCUT2D eigenvalue weighted by Crippen LogP contribution is 2.27. The Balaban J connectivity index is 1.82. The maximum Gasteiger partial charge on any atom is 0.253 e. The lowest BCUT2D eigenvalue weighted by atomic mass is 10.1. The minimum Gasteiger partial charge on any atom is -0.371 e. The van der Waals surface area contributed by atoms with Crippen molar-refractivity contribution in [1.82, 2.24) is 10.3 Å². The van der Waals surface area contributed by atoms with Crippen molar-refractivity contribution in [2.45, 2.75) is 38.1 Å². The Morgan fingerprint density at radius 3 is 2.68 bits per heavy atom. The van der Waals surface area contributed by atoms with Crippen LogP contribution in [0.5, 0.6) is 0 Å². The fourth-order valence-electron chi connectivity index (χ4n) is 3.23. The van der Waals surface area contributed by atoms with Crippen LogP contribution in [-0.2, 0) is 11.3 Å². The summed E-state index contributed by atoms with van der Waals surface area (Å²) in [4.78, 5) is 31.2. The Hall–Kier alpha value is -2.60. The van der Waals surface area contributed by atoms with Crippen LogP contribution in [0.15, 0.2) is 42.7 Å². The lowest BCUT2D eigenvalue weighted by molar-refractivity contribution is -0.115. The molecule has 1 saturated heterocycles. The van der Waals surface area contributed by atoms with Gasteiger partial charge in [0.15, 0.2) is 0 Å². The quantitative estimate of drug-likeness (QED) is 0.727. The average Bonchev–Trinajstić information content (AvgIpc) is 2.73. The summed E-state index contributed by atoms with van der Waals surface area (Å²) in [5.74, 6) is -0.478. The summed E-state index contributed by atoms with van der Waals surface area (Å²) in [5, 5.41) is 5.07. The van der Waals surface area contributed by atoms with E-state index in [-0.39, 0.29) is 11.8 Å². The van der Waals surface area contributed by atoms with Gasteiger partial charge in [0.05, 0.1) is 5.56 Å². The Morgan fingerprint density at radius 2 is 2.00 bits per heavy atom. The predicted molar refractivity (Wildman–Crippen MR) is 112 cm³/mol. The molecular formula is C21H25ClN4O2. The molecule has 7 heteroatoms. The molecule has 6 nitrogen and oxygen atoms in total. The van der Waals surface area contributed by atoms with Crippen LogP contribution >= 0.6 is 11.6 Å².